The molecule has 4 N–H and O–H groups in total. The van der Waals surface area contributed by atoms with E-state index in [1.165, 1.54) is 0 Å². The Balaban J connectivity index is 2.66. The van der Waals surface area contributed by atoms with E-state index < -0.39 is 6.43 Å². The van der Waals surface area contributed by atoms with Crippen molar-refractivity contribution in [3.05, 3.63) is 0 Å². The van der Waals surface area contributed by atoms with E-state index in [2.05, 4.69) is 15.0 Å². The van der Waals surface area contributed by atoms with E-state index in [0.717, 1.165) is 11.8 Å². The van der Waals surface area contributed by atoms with Crippen LogP contribution in [0.2, 0.25) is 0 Å². The lowest BCUT2D eigenvalue weighted by atomic mass is 10.9. The number of halogens is 2. The summed E-state index contributed by atoms with van der Waals surface area (Å²) in [6, 6.07) is 0. The van der Waals surface area contributed by atoms with Gasteiger partial charge < -0.3 is 11.5 Å². The van der Waals surface area contributed by atoms with Crippen LogP contribution >= 0.6 is 11.8 Å². The molecule has 0 aliphatic heterocycles. The molecule has 0 saturated heterocycles. The third-order valence-corrected chi connectivity index (χ3v) is 1.85. The average molecular weight is 207 g/mol. The maximum Gasteiger partial charge on any atom is 0.248 e. The standard InChI is InChI=1S/C5H7F2N5S/c6-2(7)1-13-5-11-3(8)10-4(9)12-5/h2H,1H2,(H4,8,9,10,11,12). The number of aromatic nitrogens is 3. The molecular weight excluding hydrogens is 200 g/mol. The summed E-state index contributed by atoms with van der Waals surface area (Å²) in [5, 5.41) is 0.116. The molecule has 0 spiro atoms. The van der Waals surface area contributed by atoms with Gasteiger partial charge in [-0.2, -0.15) is 15.0 Å². The summed E-state index contributed by atoms with van der Waals surface area (Å²) in [6.07, 6.45) is -2.41. The normalized spacial score (nSPS) is 10.7. The zero-order chi connectivity index (χ0) is 9.84. The second-order valence-corrected chi connectivity index (χ2v) is 3.02. The first kappa shape index (κ1) is 9.90. The first-order valence-corrected chi connectivity index (χ1v) is 4.24. The van der Waals surface area contributed by atoms with Crippen LogP contribution in [0.25, 0.3) is 0 Å². The highest BCUT2D eigenvalue weighted by atomic mass is 32.2. The summed E-state index contributed by atoms with van der Waals surface area (Å²) in [7, 11) is 0. The molecule has 1 aromatic rings. The van der Waals surface area contributed by atoms with Gasteiger partial charge in [0.25, 0.3) is 0 Å². The van der Waals surface area contributed by atoms with E-state index in [4.69, 9.17) is 11.5 Å². The predicted octanol–water partition coefficient (Wildman–Crippen LogP) is 0.393. The number of rotatable bonds is 3. The number of thioether (sulfide) groups is 1. The second kappa shape index (κ2) is 4.17. The Bertz CT molecular complexity index is 274. The second-order valence-electron chi connectivity index (χ2n) is 2.04. The van der Waals surface area contributed by atoms with Gasteiger partial charge in [0.15, 0.2) is 5.16 Å². The fourth-order valence-electron chi connectivity index (χ4n) is 0.590. The molecule has 1 aromatic heterocycles. The molecule has 0 bridgehead atoms. The Labute approximate surface area is 77.0 Å². The van der Waals surface area contributed by atoms with Crippen LogP contribution in [0.5, 0.6) is 0 Å². The van der Waals surface area contributed by atoms with Crippen LogP contribution in [0.3, 0.4) is 0 Å². The summed E-state index contributed by atoms with van der Waals surface area (Å²) in [6.45, 7) is 0. The average Bonchev–Trinajstić information content (AvgIpc) is 1.99. The molecule has 0 saturated carbocycles. The van der Waals surface area contributed by atoms with Crippen molar-refractivity contribution in [1.82, 2.24) is 15.0 Å². The Morgan fingerprint density at radius 3 is 2.15 bits per heavy atom. The van der Waals surface area contributed by atoms with Crippen LogP contribution in [0.4, 0.5) is 20.7 Å². The van der Waals surface area contributed by atoms with Crippen LogP contribution in [-0.2, 0) is 0 Å². The number of hydrogen-bond acceptors (Lipinski definition) is 6. The molecule has 0 radical (unpaired) electrons. The van der Waals surface area contributed by atoms with Crippen molar-refractivity contribution in [2.45, 2.75) is 11.6 Å². The maximum absolute atomic E-state index is 11.8. The summed E-state index contributed by atoms with van der Waals surface area (Å²) in [5.41, 5.74) is 10.4. The summed E-state index contributed by atoms with van der Waals surface area (Å²) >= 11 is 0.785. The first-order valence-electron chi connectivity index (χ1n) is 3.26. The minimum atomic E-state index is -2.41. The number of nitrogen functional groups attached to an aromatic ring is 2. The Morgan fingerprint density at radius 2 is 1.69 bits per heavy atom. The van der Waals surface area contributed by atoms with Gasteiger partial charge in [-0.1, -0.05) is 11.8 Å². The van der Waals surface area contributed by atoms with Crippen molar-refractivity contribution >= 4 is 23.7 Å². The van der Waals surface area contributed by atoms with Crippen LogP contribution in [0.15, 0.2) is 5.16 Å². The minimum Gasteiger partial charge on any atom is -0.368 e. The van der Waals surface area contributed by atoms with E-state index in [1.54, 1.807) is 0 Å². The minimum absolute atomic E-state index is 0.0655. The van der Waals surface area contributed by atoms with Crippen molar-refractivity contribution in [2.75, 3.05) is 17.2 Å². The van der Waals surface area contributed by atoms with Crippen LogP contribution in [0, 0.1) is 0 Å². The van der Waals surface area contributed by atoms with Crippen molar-refractivity contribution in [3.63, 3.8) is 0 Å². The van der Waals surface area contributed by atoms with Crippen LogP contribution in [0.1, 0.15) is 0 Å². The van der Waals surface area contributed by atoms with Crippen molar-refractivity contribution < 1.29 is 8.78 Å². The number of hydrogen-bond donors (Lipinski definition) is 2. The third-order valence-electron chi connectivity index (χ3n) is 0.988. The molecule has 8 heteroatoms. The van der Waals surface area contributed by atoms with Gasteiger partial charge in [-0.25, -0.2) is 8.78 Å². The van der Waals surface area contributed by atoms with Gasteiger partial charge in [-0.3, -0.25) is 0 Å². The molecular formula is C5H7F2N5S. The van der Waals surface area contributed by atoms with E-state index in [1.807, 2.05) is 0 Å². The van der Waals surface area contributed by atoms with Gasteiger partial charge >= 0.3 is 0 Å². The summed E-state index contributed by atoms with van der Waals surface area (Å²) in [5.74, 6) is -0.517. The Kier molecular flexibility index (Phi) is 3.18. The molecule has 0 aliphatic carbocycles. The van der Waals surface area contributed by atoms with Crippen LogP contribution in [-0.4, -0.2) is 27.1 Å². The summed E-state index contributed by atoms with van der Waals surface area (Å²) in [4.78, 5) is 10.7. The molecule has 5 nitrogen and oxygen atoms in total. The monoisotopic (exact) mass is 207 g/mol. The van der Waals surface area contributed by atoms with E-state index in [9.17, 15) is 8.78 Å². The molecule has 0 amide bonds. The van der Waals surface area contributed by atoms with E-state index >= 15 is 0 Å². The van der Waals surface area contributed by atoms with Gasteiger partial charge in [0.2, 0.25) is 18.3 Å². The van der Waals surface area contributed by atoms with Gasteiger partial charge in [0.1, 0.15) is 0 Å². The number of alkyl halides is 2. The Hall–Kier alpha value is -1.18. The molecule has 0 aliphatic rings. The fraction of sp³-hybridized carbons (Fsp3) is 0.400. The van der Waals surface area contributed by atoms with Crippen molar-refractivity contribution in [1.29, 1.82) is 0 Å². The highest BCUT2D eigenvalue weighted by Gasteiger charge is 2.07. The largest absolute Gasteiger partial charge is 0.368 e. The van der Waals surface area contributed by atoms with Gasteiger partial charge in [0.05, 0.1) is 5.75 Å². The van der Waals surface area contributed by atoms with E-state index in [-0.39, 0.29) is 22.8 Å². The van der Waals surface area contributed by atoms with Crippen molar-refractivity contribution in [3.8, 4) is 0 Å². The zero-order valence-corrected chi connectivity index (χ0v) is 7.26. The SMILES string of the molecule is Nc1nc(N)nc(SCC(F)F)n1. The topological polar surface area (TPSA) is 90.7 Å². The third kappa shape index (κ3) is 3.36. The van der Waals surface area contributed by atoms with Crippen LogP contribution < -0.4 is 11.5 Å². The number of nitrogens with zero attached hydrogens (tertiary/aromatic N) is 3. The van der Waals surface area contributed by atoms with Gasteiger partial charge in [-0.05, 0) is 0 Å². The highest BCUT2D eigenvalue weighted by molar-refractivity contribution is 7.99. The quantitative estimate of drug-likeness (QED) is 0.697. The lowest BCUT2D eigenvalue weighted by molar-refractivity contribution is 0.176. The zero-order valence-electron chi connectivity index (χ0n) is 6.44. The molecule has 0 fully saturated rings. The smallest absolute Gasteiger partial charge is 0.248 e. The van der Waals surface area contributed by atoms with Gasteiger partial charge in [-0.15, -0.1) is 0 Å². The number of anilines is 2. The number of nitrogens with two attached hydrogens (primary N) is 2. The highest BCUT2D eigenvalue weighted by Crippen LogP contribution is 2.16. The summed E-state index contributed by atoms with van der Waals surface area (Å²) < 4.78 is 23.5. The first-order chi connectivity index (χ1) is 6.08. The molecule has 13 heavy (non-hydrogen) atoms. The van der Waals surface area contributed by atoms with E-state index in [0.29, 0.717) is 0 Å². The molecule has 1 heterocycles. The van der Waals surface area contributed by atoms with Gasteiger partial charge in [0, 0.05) is 0 Å². The van der Waals surface area contributed by atoms with Crippen molar-refractivity contribution in [2.24, 2.45) is 0 Å². The lowest BCUT2D eigenvalue weighted by Gasteiger charge is -2.00. The molecule has 0 unspecified atom stereocenters. The lowest BCUT2D eigenvalue weighted by Crippen LogP contribution is -2.05. The fourth-order valence-corrected chi connectivity index (χ4v) is 1.18. The molecule has 0 aromatic carbocycles. The molecule has 72 valence electrons. The maximum atomic E-state index is 11.8. The molecule has 1 rings (SSSR count). The Morgan fingerprint density at radius 1 is 1.15 bits per heavy atom. The predicted molar refractivity (Wildman–Crippen MR) is 45.4 cm³/mol. The molecule has 0 atom stereocenters.